The van der Waals surface area contributed by atoms with E-state index < -0.39 is 0 Å². The van der Waals surface area contributed by atoms with Crippen LogP contribution in [0.2, 0.25) is 0 Å². The average Bonchev–Trinajstić information content (AvgIpc) is 2.98. The van der Waals surface area contributed by atoms with Crippen molar-refractivity contribution in [1.82, 2.24) is 10.3 Å². The number of hydrogen-bond acceptors (Lipinski definition) is 4. The molecule has 1 atom stereocenters. The molecule has 0 saturated heterocycles. The standard InChI is InChI=1S/C14H18N2OS2/c1-9(2)14-16-11(8-19-14)7-13(17)15-10(3)12-5-4-6-18-12/h4-6,8-10H,7H2,1-3H3,(H,15,17)/t10-/m1/s1. The van der Waals surface area contributed by atoms with Crippen LogP contribution in [-0.4, -0.2) is 10.9 Å². The maximum absolute atomic E-state index is 12.0. The lowest BCUT2D eigenvalue weighted by molar-refractivity contribution is -0.121. The fraction of sp³-hybridized carbons (Fsp3) is 0.429. The summed E-state index contributed by atoms with van der Waals surface area (Å²) in [7, 11) is 0. The third-order valence-electron chi connectivity index (χ3n) is 2.75. The van der Waals surface area contributed by atoms with Crippen molar-refractivity contribution in [3.05, 3.63) is 38.5 Å². The molecule has 3 nitrogen and oxygen atoms in total. The minimum Gasteiger partial charge on any atom is -0.348 e. The molecular weight excluding hydrogens is 276 g/mol. The van der Waals surface area contributed by atoms with Gasteiger partial charge in [0.2, 0.25) is 5.91 Å². The van der Waals surface area contributed by atoms with Gasteiger partial charge in [-0.1, -0.05) is 19.9 Å². The highest BCUT2D eigenvalue weighted by molar-refractivity contribution is 7.10. The molecule has 0 aromatic carbocycles. The van der Waals surface area contributed by atoms with E-state index in [2.05, 4.69) is 24.1 Å². The van der Waals surface area contributed by atoms with E-state index in [4.69, 9.17) is 0 Å². The van der Waals surface area contributed by atoms with Crippen molar-refractivity contribution >= 4 is 28.6 Å². The topological polar surface area (TPSA) is 42.0 Å². The summed E-state index contributed by atoms with van der Waals surface area (Å²) in [5.74, 6) is 0.452. The molecule has 0 unspecified atom stereocenters. The lowest BCUT2D eigenvalue weighted by Crippen LogP contribution is -2.27. The maximum atomic E-state index is 12.0. The van der Waals surface area contributed by atoms with Gasteiger partial charge in [0.05, 0.1) is 23.2 Å². The molecule has 0 bridgehead atoms. The van der Waals surface area contributed by atoms with Crippen LogP contribution in [-0.2, 0) is 11.2 Å². The number of nitrogens with one attached hydrogen (secondary N) is 1. The molecule has 0 aliphatic rings. The van der Waals surface area contributed by atoms with Crippen molar-refractivity contribution in [3.63, 3.8) is 0 Å². The minimum atomic E-state index is 0.0292. The summed E-state index contributed by atoms with van der Waals surface area (Å²) in [6.07, 6.45) is 0.360. The van der Waals surface area contributed by atoms with Crippen molar-refractivity contribution in [2.24, 2.45) is 0 Å². The first kappa shape index (κ1) is 14.2. The molecule has 0 fully saturated rings. The smallest absolute Gasteiger partial charge is 0.226 e. The first-order valence-corrected chi connectivity index (χ1v) is 8.09. The largest absolute Gasteiger partial charge is 0.348 e. The molecule has 19 heavy (non-hydrogen) atoms. The number of aromatic nitrogens is 1. The zero-order chi connectivity index (χ0) is 13.8. The summed E-state index contributed by atoms with van der Waals surface area (Å²) < 4.78 is 0. The molecular formula is C14H18N2OS2. The Bertz CT molecular complexity index is 531. The Morgan fingerprint density at radius 3 is 2.74 bits per heavy atom. The van der Waals surface area contributed by atoms with E-state index in [1.54, 1.807) is 22.7 Å². The molecule has 0 aliphatic heterocycles. The quantitative estimate of drug-likeness (QED) is 0.912. The predicted octanol–water partition coefficient (Wildman–Crippen LogP) is 3.75. The highest BCUT2D eigenvalue weighted by Gasteiger charge is 2.13. The summed E-state index contributed by atoms with van der Waals surface area (Å²) >= 11 is 3.29. The van der Waals surface area contributed by atoms with Gasteiger partial charge in [0.1, 0.15) is 0 Å². The van der Waals surface area contributed by atoms with E-state index in [-0.39, 0.29) is 11.9 Å². The van der Waals surface area contributed by atoms with E-state index in [1.807, 2.05) is 29.8 Å². The molecule has 2 rings (SSSR count). The minimum absolute atomic E-state index is 0.0292. The Morgan fingerprint density at radius 1 is 1.37 bits per heavy atom. The molecule has 1 amide bonds. The summed E-state index contributed by atoms with van der Waals surface area (Å²) in [6, 6.07) is 4.10. The van der Waals surface area contributed by atoms with Crippen molar-refractivity contribution in [2.75, 3.05) is 0 Å². The number of thiazole rings is 1. The van der Waals surface area contributed by atoms with Crippen LogP contribution in [0.25, 0.3) is 0 Å². The number of carbonyl (C=O) groups excluding carboxylic acids is 1. The van der Waals surface area contributed by atoms with Gasteiger partial charge >= 0.3 is 0 Å². The van der Waals surface area contributed by atoms with Crippen molar-refractivity contribution in [3.8, 4) is 0 Å². The second-order valence-corrected chi connectivity index (χ2v) is 6.68. The second-order valence-electron chi connectivity index (χ2n) is 4.81. The number of nitrogens with zero attached hydrogens (tertiary/aromatic N) is 1. The normalized spacial score (nSPS) is 12.6. The number of rotatable bonds is 5. The van der Waals surface area contributed by atoms with Gasteiger partial charge in [0, 0.05) is 16.2 Å². The van der Waals surface area contributed by atoms with Gasteiger partial charge in [0.25, 0.3) is 0 Å². The Morgan fingerprint density at radius 2 is 2.16 bits per heavy atom. The van der Waals surface area contributed by atoms with Crippen LogP contribution in [0.4, 0.5) is 0 Å². The van der Waals surface area contributed by atoms with Crippen LogP contribution < -0.4 is 5.32 Å². The Hall–Kier alpha value is -1.20. The third-order valence-corrected chi connectivity index (χ3v) is 5.00. The van der Waals surface area contributed by atoms with Crippen molar-refractivity contribution in [1.29, 1.82) is 0 Å². The van der Waals surface area contributed by atoms with Gasteiger partial charge in [-0.25, -0.2) is 4.98 Å². The van der Waals surface area contributed by atoms with Crippen molar-refractivity contribution < 1.29 is 4.79 Å². The average molecular weight is 294 g/mol. The molecule has 1 N–H and O–H groups in total. The van der Waals surface area contributed by atoms with Crippen LogP contribution in [0.3, 0.4) is 0 Å². The lowest BCUT2D eigenvalue weighted by atomic mass is 10.2. The zero-order valence-electron chi connectivity index (χ0n) is 11.3. The molecule has 0 aliphatic carbocycles. The summed E-state index contributed by atoms with van der Waals surface area (Å²) in [4.78, 5) is 17.6. The number of amides is 1. The van der Waals surface area contributed by atoms with Gasteiger partial charge in [-0.15, -0.1) is 22.7 Å². The van der Waals surface area contributed by atoms with Crippen LogP contribution in [0.1, 0.15) is 48.3 Å². The molecule has 0 radical (unpaired) electrons. The maximum Gasteiger partial charge on any atom is 0.226 e. The number of hydrogen-bond donors (Lipinski definition) is 1. The second kappa shape index (κ2) is 6.30. The first-order chi connectivity index (χ1) is 9.06. The van der Waals surface area contributed by atoms with Crippen molar-refractivity contribution in [2.45, 2.75) is 39.2 Å². The van der Waals surface area contributed by atoms with Crippen LogP contribution in [0.5, 0.6) is 0 Å². The monoisotopic (exact) mass is 294 g/mol. The van der Waals surface area contributed by atoms with E-state index in [9.17, 15) is 4.79 Å². The summed E-state index contributed by atoms with van der Waals surface area (Å²) in [5, 5.41) is 8.10. The van der Waals surface area contributed by atoms with Gasteiger partial charge in [-0.05, 0) is 18.4 Å². The van der Waals surface area contributed by atoms with E-state index in [0.717, 1.165) is 10.7 Å². The van der Waals surface area contributed by atoms with Crippen LogP contribution >= 0.6 is 22.7 Å². The van der Waals surface area contributed by atoms with E-state index >= 15 is 0 Å². The van der Waals surface area contributed by atoms with Crippen LogP contribution in [0.15, 0.2) is 22.9 Å². The molecule has 0 spiro atoms. The molecule has 2 aromatic rings. The molecule has 0 saturated carbocycles. The predicted molar refractivity (Wildman–Crippen MR) is 80.8 cm³/mol. The SMILES string of the molecule is CC(C)c1nc(CC(=O)N[C@H](C)c2cccs2)cs1. The first-order valence-electron chi connectivity index (χ1n) is 6.33. The Labute approximate surface area is 121 Å². The summed E-state index contributed by atoms with van der Waals surface area (Å²) in [5.41, 5.74) is 0.865. The highest BCUT2D eigenvalue weighted by Crippen LogP contribution is 2.20. The highest BCUT2D eigenvalue weighted by atomic mass is 32.1. The Balaban J connectivity index is 1.90. The number of carbonyl (C=O) groups is 1. The van der Waals surface area contributed by atoms with Gasteiger partial charge < -0.3 is 5.32 Å². The van der Waals surface area contributed by atoms with Gasteiger partial charge in [-0.3, -0.25) is 4.79 Å². The third kappa shape index (κ3) is 3.88. The zero-order valence-corrected chi connectivity index (χ0v) is 13.0. The van der Waals surface area contributed by atoms with E-state index in [1.165, 1.54) is 4.88 Å². The Kier molecular flexibility index (Phi) is 4.71. The fourth-order valence-corrected chi connectivity index (χ4v) is 3.30. The van der Waals surface area contributed by atoms with E-state index in [0.29, 0.717) is 12.3 Å². The number of thiophene rings is 1. The van der Waals surface area contributed by atoms with Crippen LogP contribution in [0, 0.1) is 0 Å². The molecule has 5 heteroatoms. The molecule has 102 valence electrons. The molecule has 2 aromatic heterocycles. The van der Waals surface area contributed by atoms with Gasteiger partial charge in [0.15, 0.2) is 0 Å². The molecule has 2 heterocycles. The van der Waals surface area contributed by atoms with Gasteiger partial charge in [-0.2, -0.15) is 0 Å². The fourth-order valence-electron chi connectivity index (χ4n) is 1.73. The lowest BCUT2D eigenvalue weighted by Gasteiger charge is -2.11. The summed E-state index contributed by atoms with van der Waals surface area (Å²) in [6.45, 7) is 6.23.